The number of hydrogen-bond donors (Lipinski definition) is 1. The summed E-state index contributed by atoms with van der Waals surface area (Å²) in [4.78, 5) is 12.5. The molecule has 3 rings (SSSR count). The summed E-state index contributed by atoms with van der Waals surface area (Å²) in [5.74, 6) is 1.36. The molecular weight excluding hydrogens is 418 g/mol. The SMILES string of the molecule is COc1ccc(CNCC(=O)c2ccc(OS(=O)(=O)c3ccccc3)cc2)c(OC)c1. The predicted molar refractivity (Wildman–Crippen MR) is 116 cm³/mol. The zero-order valence-corrected chi connectivity index (χ0v) is 18.0. The average molecular weight is 442 g/mol. The van der Waals surface area contributed by atoms with Gasteiger partial charge in [0.1, 0.15) is 22.1 Å². The molecule has 8 heteroatoms. The molecule has 0 heterocycles. The van der Waals surface area contributed by atoms with Crippen molar-refractivity contribution in [1.82, 2.24) is 5.32 Å². The van der Waals surface area contributed by atoms with Crippen LogP contribution in [0.3, 0.4) is 0 Å². The Morgan fingerprint density at radius 2 is 1.55 bits per heavy atom. The summed E-state index contributed by atoms with van der Waals surface area (Å²) in [5.41, 5.74) is 1.34. The zero-order chi connectivity index (χ0) is 22.3. The van der Waals surface area contributed by atoms with Crippen LogP contribution in [0, 0.1) is 0 Å². The maximum absolute atomic E-state index is 12.4. The summed E-state index contributed by atoms with van der Waals surface area (Å²) in [7, 11) is -0.764. The van der Waals surface area contributed by atoms with E-state index in [0.29, 0.717) is 23.6 Å². The number of methoxy groups -OCH3 is 2. The first kappa shape index (κ1) is 22.3. The molecule has 0 aliphatic heterocycles. The van der Waals surface area contributed by atoms with Gasteiger partial charge in [-0.1, -0.05) is 24.3 Å². The van der Waals surface area contributed by atoms with Gasteiger partial charge in [0.2, 0.25) is 0 Å². The lowest BCUT2D eigenvalue weighted by Crippen LogP contribution is -2.22. The molecule has 0 aromatic heterocycles. The Bertz CT molecular complexity index is 1130. The van der Waals surface area contributed by atoms with Gasteiger partial charge in [-0.3, -0.25) is 4.79 Å². The summed E-state index contributed by atoms with van der Waals surface area (Å²) in [6.07, 6.45) is 0. The molecule has 1 N–H and O–H groups in total. The predicted octanol–water partition coefficient (Wildman–Crippen LogP) is 3.44. The second kappa shape index (κ2) is 10.1. The highest BCUT2D eigenvalue weighted by Gasteiger charge is 2.16. The van der Waals surface area contributed by atoms with Crippen molar-refractivity contribution in [2.45, 2.75) is 11.4 Å². The number of ether oxygens (including phenoxy) is 2. The van der Waals surface area contributed by atoms with E-state index in [1.165, 1.54) is 36.4 Å². The quantitative estimate of drug-likeness (QED) is 0.381. The molecule has 0 atom stereocenters. The first-order valence-corrected chi connectivity index (χ1v) is 10.9. The van der Waals surface area contributed by atoms with Crippen LogP contribution in [-0.2, 0) is 16.7 Å². The second-order valence-corrected chi connectivity index (χ2v) is 8.13. The number of hydrogen-bond acceptors (Lipinski definition) is 7. The topological polar surface area (TPSA) is 90.9 Å². The van der Waals surface area contributed by atoms with Crippen LogP contribution < -0.4 is 19.0 Å². The van der Waals surface area contributed by atoms with Gasteiger partial charge in [-0.15, -0.1) is 0 Å². The smallest absolute Gasteiger partial charge is 0.339 e. The maximum atomic E-state index is 12.4. The Kier molecular flexibility index (Phi) is 7.28. The number of rotatable bonds is 10. The van der Waals surface area contributed by atoms with Crippen molar-refractivity contribution in [1.29, 1.82) is 0 Å². The van der Waals surface area contributed by atoms with Gasteiger partial charge in [-0.05, 0) is 42.5 Å². The molecule has 0 aliphatic carbocycles. The second-order valence-electron chi connectivity index (χ2n) is 6.58. The van der Waals surface area contributed by atoms with Crippen LogP contribution in [0.5, 0.6) is 17.2 Å². The molecule has 7 nitrogen and oxygen atoms in total. The van der Waals surface area contributed by atoms with Gasteiger partial charge < -0.3 is 19.0 Å². The van der Waals surface area contributed by atoms with E-state index < -0.39 is 10.1 Å². The van der Waals surface area contributed by atoms with Crippen molar-refractivity contribution in [2.75, 3.05) is 20.8 Å². The van der Waals surface area contributed by atoms with Crippen LogP contribution in [0.25, 0.3) is 0 Å². The maximum Gasteiger partial charge on any atom is 0.339 e. The van der Waals surface area contributed by atoms with Crippen LogP contribution in [0.4, 0.5) is 0 Å². The van der Waals surface area contributed by atoms with E-state index in [9.17, 15) is 13.2 Å². The zero-order valence-electron chi connectivity index (χ0n) is 17.2. The number of carbonyl (C=O) groups is 1. The Labute approximate surface area is 181 Å². The molecule has 0 bridgehead atoms. The number of benzene rings is 3. The molecule has 31 heavy (non-hydrogen) atoms. The fourth-order valence-electron chi connectivity index (χ4n) is 2.87. The van der Waals surface area contributed by atoms with E-state index in [1.54, 1.807) is 38.5 Å². The number of carbonyl (C=O) groups excluding carboxylic acids is 1. The molecule has 162 valence electrons. The van der Waals surface area contributed by atoms with E-state index in [-0.39, 0.29) is 23.0 Å². The van der Waals surface area contributed by atoms with E-state index in [4.69, 9.17) is 13.7 Å². The van der Waals surface area contributed by atoms with E-state index in [2.05, 4.69) is 5.32 Å². The van der Waals surface area contributed by atoms with E-state index >= 15 is 0 Å². The molecule has 0 spiro atoms. The van der Waals surface area contributed by atoms with Crippen LogP contribution >= 0.6 is 0 Å². The summed E-state index contributed by atoms with van der Waals surface area (Å²) >= 11 is 0. The third kappa shape index (κ3) is 5.84. The highest BCUT2D eigenvalue weighted by atomic mass is 32.2. The summed E-state index contributed by atoms with van der Waals surface area (Å²) < 4.78 is 40.2. The largest absolute Gasteiger partial charge is 0.497 e. The van der Waals surface area contributed by atoms with Crippen LogP contribution in [0.1, 0.15) is 15.9 Å². The van der Waals surface area contributed by atoms with Gasteiger partial charge in [0.05, 0.1) is 20.8 Å². The monoisotopic (exact) mass is 441 g/mol. The molecular formula is C23H23NO6S. The van der Waals surface area contributed by atoms with Gasteiger partial charge in [0, 0.05) is 23.7 Å². The molecule has 0 unspecified atom stereocenters. The van der Waals surface area contributed by atoms with Crippen LogP contribution in [0.2, 0.25) is 0 Å². The van der Waals surface area contributed by atoms with Gasteiger partial charge in [-0.2, -0.15) is 8.42 Å². The molecule has 0 radical (unpaired) electrons. The molecule has 0 saturated heterocycles. The fourth-order valence-corrected chi connectivity index (χ4v) is 3.82. The van der Waals surface area contributed by atoms with Crippen molar-refractivity contribution in [3.8, 4) is 17.2 Å². The molecule has 3 aromatic rings. The lowest BCUT2D eigenvalue weighted by Gasteiger charge is -2.11. The summed E-state index contributed by atoms with van der Waals surface area (Å²) in [5, 5.41) is 3.09. The Morgan fingerprint density at radius 1 is 0.871 bits per heavy atom. The molecule has 0 fully saturated rings. The lowest BCUT2D eigenvalue weighted by molar-refractivity contribution is 0.0990. The number of Topliss-reactive ketones (excluding diaryl/α,β-unsaturated/α-hetero) is 1. The highest BCUT2D eigenvalue weighted by Crippen LogP contribution is 2.24. The molecule has 3 aromatic carbocycles. The first-order valence-electron chi connectivity index (χ1n) is 9.47. The van der Waals surface area contributed by atoms with Crippen molar-refractivity contribution in [2.24, 2.45) is 0 Å². The van der Waals surface area contributed by atoms with Crippen molar-refractivity contribution < 1.29 is 26.9 Å². The van der Waals surface area contributed by atoms with Gasteiger partial charge in [0.25, 0.3) is 0 Å². The number of nitrogens with one attached hydrogen (secondary N) is 1. The Morgan fingerprint density at radius 3 is 2.19 bits per heavy atom. The average Bonchev–Trinajstić information content (AvgIpc) is 2.80. The lowest BCUT2D eigenvalue weighted by atomic mass is 10.1. The van der Waals surface area contributed by atoms with Crippen LogP contribution in [-0.4, -0.2) is 35.0 Å². The van der Waals surface area contributed by atoms with E-state index in [1.807, 2.05) is 12.1 Å². The van der Waals surface area contributed by atoms with Crippen molar-refractivity contribution in [3.05, 3.63) is 83.9 Å². The number of ketones is 1. The minimum absolute atomic E-state index is 0.0633. The van der Waals surface area contributed by atoms with Gasteiger partial charge >= 0.3 is 10.1 Å². The van der Waals surface area contributed by atoms with E-state index in [0.717, 1.165) is 5.56 Å². The summed E-state index contributed by atoms with van der Waals surface area (Å²) in [6, 6.07) is 19.3. The normalized spacial score (nSPS) is 11.0. The van der Waals surface area contributed by atoms with Crippen molar-refractivity contribution >= 4 is 15.9 Å². The molecule has 0 saturated carbocycles. The minimum Gasteiger partial charge on any atom is -0.497 e. The van der Waals surface area contributed by atoms with Crippen LogP contribution in [0.15, 0.2) is 77.7 Å². The first-order chi connectivity index (χ1) is 14.9. The molecule has 0 aliphatic rings. The third-order valence-electron chi connectivity index (χ3n) is 4.51. The third-order valence-corrected chi connectivity index (χ3v) is 5.77. The Balaban J connectivity index is 1.57. The standard InChI is InChI=1S/C23H23NO6S/c1-28-20-13-10-18(23(14-20)29-2)15-24-16-22(25)17-8-11-19(12-9-17)30-31(26,27)21-6-4-3-5-7-21/h3-14,24H,15-16H2,1-2H3. The molecule has 0 amide bonds. The Hall–Kier alpha value is -3.36. The van der Waals surface area contributed by atoms with Crippen molar-refractivity contribution in [3.63, 3.8) is 0 Å². The summed E-state index contributed by atoms with van der Waals surface area (Å²) in [6.45, 7) is 0.549. The van der Waals surface area contributed by atoms with Gasteiger partial charge in [-0.25, -0.2) is 0 Å². The van der Waals surface area contributed by atoms with Gasteiger partial charge in [0.15, 0.2) is 5.78 Å². The minimum atomic E-state index is -3.92. The highest BCUT2D eigenvalue weighted by molar-refractivity contribution is 7.87. The fraction of sp³-hybridized carbons (Fsp3) is 0.174.